The molecule has 27 heavy (non-hydrogen) atoms. The van der Waals surface area contributed by atoms with Crippen molar-refractivity contribution in [3.05, 3.63) is 60.2 Å². The van der Waals surface area contributed by atoms with E-state index >= 15 is 0 Å². The van der Waals surface area contributed by atoms with Crippen molar-refractivity contribution >= 4 is 20.0 Å². The third kappa shape index (κ3) is 5.11. The number of phenols is 1. The van der Waals surface area contributed by atoms with Crippen LogP contribution in [0.5, 0.6) is 5.75 Å². The van der Waals surface area contributed by atoms with Gasteiger partial charge in [0.2, 0.25) is 0 Å². The summed E-state index contributed by atoms with van der Waals surface area (Å²) in [6.07, 6.45) is -1.09. The Balaban J connectivity index is 2.46. The molecular weight excluding hydrogens is 358 g/mol. The fourth-order valence-corrected chi connectivity index (χ4v) is 3.74. The minimum atomic E-state index is -2.34. The first-order chi connectivity index (χ1) is 12.5. The van der Waals surface area contributed by atoms with Crippen LogP contribution in [0, 0.1) is 0 Å². The Morgan fingerprint density at radius 1 is 1.04 bits per heavy atom. The maximum atomic E-state index is 12.2. The molecule has 2 aromatic rings. The summed E-state index contributed by atoms with van der Waals surface area (Å²) in [5, 5.41) is 23.2. The molecule has 0 unspecified atom stereocenters. The fraction of sp³-hybridized carbons (Fsp3) is 0.381. The van der Waals surface area contributed by atoms with Gasteiger partial charge in [-0.3, -0.25) is 0 Å². The number of carboxylic acids is 1. The predicted molar refractivity (Wildman–Crippen MR) is 111 cm³/mol. The van der Waals surface area contributed by atoms with Crippen molar-refractivity contribution < 1.29 is 19.4 Å². The van der Waals surface area contributed by atoms with Crippen molar-refractivity contribution in [3.63, 3.8) is 0 Å². The first-order valence-corrected chi connectivity index (χ1v) is 11.9. The Morgan fingerprint density at radius 3 is 2.11 bits per heavy atom. The molecule has 0 heterocycles. The van der Waals surface area contributed by atoms with E-state index in [2.05, 4.69) is 26.1 Å². The standard InChI is InChI=1S/C21H29NO4Si/c1-21(2,3)27(4,5)26-19(20(24)25)18(15-11-7-6-8-12-15)22-16-13-9-10-14-17(16)23/h6-14,18-19,22-23H,1-5H3,(H,24,25)/t18-,19+/m0/s1. The number of anilines is 1. The molecule has 6 heteroatoms. The van der Waals surface area contributed by atoms with Crippen LogP contribution in [0.2, 0.25) is 18.1 Å². The molecule has 0 aliphatic heterocycles. The van der Waals surface area contributed by atoms with Gasteiger partial charge in [-0.25, -0.2) is 4.79 Å². The number of rotatable bonds is 7. The number of carbonyl (C=O) groups is 1. The average molecular weight is 388 g/mol. The topological polar surface area (TPSA) is 78.8 Å². The summed E-state index contributed by atoms with van der Waals surface area (Å²) in [5.41, 5.74) is 1.25. The summed E-state index contributed by atoms with van der Waals surface area (Å²) >= 11 is 0. The highest BCUT2D eigenvalue weighted by Gasteiger charge is 2.43. The number of benzene rings is 2. The zero-order valence-corrected chi connectivity index (χ0v) is 17.6. The number of para-hydroxylation sites is 2. The van der Waals surface area contributed by atoms with Crippen molar-refractivity contribution in [1.29, 1.82) is 0 Å². The molecule has 2 atom stereocenters. The lowest BCUT2D eigenvalue weighted by atomic mass is 10.0. The average Bonchev–Trinajstić information content (AvgIpc) is 2.59. The van der Waals surface area contributed by atoms with Crippen LogP contribution in [0.3, 0.4) is 0 Å². The van der Waals surface area contributed by atoms with Crippen molar-refractivity contribution in [2.75, 3.05) is 5.32 Å². The summed E-state index contributed by atoms with van der Waals surface area (Å²) in [6, 6.07) is 15.5. The smallest absolute Gasteiger partial charge is 0.334 e. The van der Waals surface area contributed by atoms with Gasteiger partial charge in [-0.2, -0.15) is 0 Å². The molecule has 0 saturated carbocycles. The van der Waals surface area contributed by atoms with E-state index in [0.29, 0.717) is 5.69 Å². The summed E-state index contributed by atoms with van der Waals surface area (Å²) < 4.78 is 6.29. The molecule has 2 rings (SSSR count). The largest absolute Gasteiger partial charge is 0.506 e. The Hall–Kier alpha value is -2.31. The van der Waals surface area contributed by atoms with Gasteiger partial charge in [-0.15, -0.1) is 0 Å². The van der Waals surface area contributed by atoms with Gasteiger partial charge in [0.15, 0.2) is 14.4 Å². The SMILES string of the molecule is CC(C)(C)[Si](C)(C)O[C@@H](C(=O)O)[C@@H](Nc1ccccc1O)c1ccccc1. The number of carboxylic acid groups (broad SMARTS) is 1. The van der Waals surface area contributed by atoms with Gasteiger partial charge in [0.25, 0.3) is 0 Å². The monoisotopic (exact) mass is 387 g/mol. The number of hydrogen-bond acceptors (Lipinski definition) is 4. The molecule has 0 bridgehead atoms. The van der Waals surface area contributed by atoms with Crippen LogP contribution in [-0.4, -0.2) is 30.6 Å². The zero-order chi connectivity index (χ0) is 20.2. The molecule has 0 spiro atoms. The van der Waals surface area contributed by atoms with Crippen molar-refractivity contribution in [1.82, 2.24) is 0 Å². The quantitative estimate of drug-likeness (QED) is 0.459. The van der Waals surface area contributed by atoms with E-state index in [1.807, 2.05) is 43.4 Å². The van der Waals surface area contributed by atoms with Gasteiger partial charge >= 0.3 is 5.97 Å². The second-order valence-corrected chi connectivity index (χ2v) is 12.9. The van der Waals surface area contributed by atoms with Gasteiger partial charge in [0.05, 0.1) is 11.7 Å². The van der Waals surface area contributed by atoms with Crippen LogP contribution in [0.15, 0.2) is 54.6 Å². The number of phenolic OH excluding ortho intramolecular Hbond substituents is 1. The molecule has 2 aromatic carbocycles. The third-order valence-electron chi connectivity index (χ3n) is 5.15. The van der Waals surface area contributed by atoms with E-state index in [0.717, 1.165) is 5.56 Å². The normalized spacial score (nSPS) is 14.4. The molecule has 146 valence electrons. The fourth-order valence-electron chi connectivity index (χ4n) is 2.51. The molecule has 0 aliphatic carbocycles. The second kappa shape index (κ2) is 8.15. The maximum absolute atomic E-state index is 12.2. The van der Waals surface area contributed by atoms with Crippen LogP contribution in [-0.2, 0) is 9.22 Å². The number of aliphatic carboxylic acids is 1. The van der Waals surface area contributed by atoms with Gasteiger partial charge in [0.1, 0.15) is 5.75 Å². The lowest BCUT2D eigenvalue weighted by Gasteiger charge is -2.40. The van der Waals surface area contributed by atoms with Crippen LogP contribution in [0.25, 0.3) is 0 Å². The highest BCUT2D eigenvalue weighted by molar-refractivity contribution is 6.74. The van der Waals surface area contributed by atoms with E-state index in [1.165, 1.54) is 0 Å². The Morgan fingerprint density at radius 2 is 1.59 bits per heavy atom. The molecule has 5 nitrogen and oxygen atoms in total. The molecule has 0 fully saturated rings. The van der Waals surface area contributed by atoms with Gasteiger partial charge in [-0.1, -0.05) is 63.2 Å². The Kier molecular flexibility index (Phi) is 6.33. The molecule has 0 aliphatic rings. The number of nitrogens with one attached hydrogen (secondary N) is 1. The van der Waals surface area contributed by atoms with Crippen molar-refractivity contribution in [3.8, 4) is 5.75 Å². The van der Waals surface area contributed by atoms with E-state index in [9.17, 15) is 15.0 Å². The lowest BCUT2D eigenvalue weighted by molar-refractivity contribution is -0.146. The summed E-state index contributed by atoms with van der Waals surface area (Å²) in [6.45, 7) is 10.3. The van der Waals surface area contributed by atoms with E-state index in [4.69, 9.17) is 4.43 Å². The number of aromatic hydroxyl groups is 1. The van der Waals surface area contributed by atoms with Crippen LogP contribution >= 0.6 is 0 Å². The number of hydrogen-bond donors (Lipinski definition) is 3. The Labute approximate surface area is 162 Å². The first-order valence-electron chi connectivity index (χ1n) is 9.03. The summed E-state index contributed by atoms with van der Waals surface area (Å²) in [7, 11) is -2.34. The van der Waals surface area contributed by atoms with E-state index in [1.54, 1.807) is 24.3 Å². The molecule has 3 N–H and O–H groups in total. The third-order valence-corrected chi connectivity index (χ3v) is 9.60. The second-order valence-electron chi connectivity index (χ2n) is 8.19. The van der Waals surface area contributed by atoms with Gasteiger partial charge < -0.3 is 20.0 Å². The molecule has 0 amide bonds. The highest BCUT2D eigenvalue weighted by Crippen LogP contribution is 2.39. The Bertz CT molecular complexity index is 771. The first kappa shape index (κ1) is 21.0. The highest BCUT2D eigenvalue weighted by atomic mass is 28.4. The molecule has 0 radical (unpaired) electrons. The van der Waals surface area contributed by atoms with E-state index in [-0.39, 0.29) is 10.8 Å². The minimum Gasteiger partial charge on any atom is -0.506 e. The van der Waals surface area contributed by atoms with Crippen molar-refractivity contribution in [2.24, 2.45) is 0 Å². The van der Waals surface area contributed by atoms with Gasteiger partial charge in [0, 0.05) is 0 Å². The summed E-state index contributed by atoms with van der Waals surface area (Å²) in [4.78, 5) is 12.2. The minimum absolute atomic E-state index is 0.0647. The lowest BCUT2D eigenvalue weighted by Crippen LogP contribution is -2.49. The zero-order valence-electron chi connectivity index (χ0n) is 16.6. The molecular formula is C21H29NO4Si. The van der Waals surface area contributed by atoms with Crippen LogP contribution in [0.1, 0.15) is 32.4 Å². The van der Waals surface area contributed by atoms with E-state index < -0.39 is 26.4 Å². The predicted octanol–water partition coefficient (Wildman–Crippen LogP) is 5.02. The maximum Gasteiger partial charge on any atom is 0.334 e. The molecule has 0 saturated heterocycles. The van der Waals surface area contributed by atoms with Crippen LogP contribution in [0.4, 0.5) is 5.69 Å². The van der Waals surface area contributed by atoms with Crippen LogP contribution < -0.4 is 5.32 Å². The summed E-state index contributed by atoms with van der Waals surface area (Å²) in [5.74, 6) is -0.966. The molecule has 0 aromatic heterocycles. The van der Waals surface area contributed by atoms with Gasteiger partial charge in [-0.05, 0) is 35.8 Å². The van der Waals surface area contributed by atoms with Crippen molar-refractivity contribution in [2.45, 2.75) is 51.0 Å².